The molecule has 1 aromatic carbocycles. The summed E-state index contributed by atoms with van der Waals surface area (Å²) in [6, 6.07) is 3.70. The number of aryl methyl sites for hydroxylation is 1. The summed E-state index contributed by atoms with van der Waals surface area (Å²) in [7, 11) is 0. The fourth-order valence-electron chi connectivity index (χ4n) is 1.42. The number of carboxylic acid groups (broad SMARTS) is 1. The molecule has 98 valence electrons. The van der Waals surface area contributed by atoms with Crippen molar-refractivity contribution in [2.24, 2.45) is 0 Å². The van der Waals surface area contributed by atoms with Crippen molar-refractivity contribution in [2.45, 2.75) is 6.92 Å². The van der Waals surface area contributed by atoms with Crippen molar-refractivity contribution in [2.75, 3.05) is 5.32 Å². The van der Waals surface area contributed by atoms with Gasteiger partial charge in [0.15, 0.2) is 0 Å². The van der Waals surface area contributed by atoms with Crippen molar-refractivity contribution in [1.29, 1.82) is 0 Å². The topological polar surface area (TPSA) is 128 Å². The van der Waals surface area contributed by atoms with Crippen molar-refractivity contribution >= 4 is 17.6 Å². The maximum atomic E-state index is 11.7. The van der Waals surface area contributed by atoms with Crippen LogP contribution in [-0.2, 0) is 0 Å². The predicted octanol–water partition coefficient (Wildman–Crippen LogP) is 0.769. The molecule has 0 fully saturated rings. The lowest BCUT2D eigenvalue weighted by molar-refractivity contribution is 0.0693. The highest BCUT2D eigenvalue weighted by Crippen LogP contribution is 2.21. The van der Waals surface area contributed by atoms with Crippen molar-refractivity contribution in [3.8, 4) is 5.75 Å². The van der Waals surface area contributed by atoms with Crippen molar-refractivity contribution in [1.82, 2.24) is 15.2 Å². The van der Waals surface area contributed by atoms with Crippen LogP contribution in [0.15, 0.2) is 18.2 Å². The first-order valence-electron chi connectivity index (χ1n) is 5.24. The third-order valence-electron chi connectivity index (χ3n) is 2.29. The third-order valence-corrected chi connectivity index (χ3v) is 2.29. The molecule has 1 amide bonds. The molecule has 0 unspecified atom stereocenters. The van der Waals surface area contributed by atoms with Gasteiger partial charge in [-0.25, -0.2) is 9.78 Å². The molecule has 1 aromatic heterocycles. The summed E-state index contributed by atoms with van der Waals surface area (Å²) in [6.45, 7) is 1.65. The zero-order valence-corrected chi connectivity index (χ0v) is 9.84. The molecule has 1 heterocycles. The zero-order chi connectivity index (χ0) is 14.0. The number of benzene rings is 1. The van der Waals surface area contributed by atoms with Crippen LogP contribution in [-0.4, -0.2) is 37.3 Å². The number of aromatic carboxylic acids is 1. The average molecular weight is 262 g/mol. The number of aromatic hydroxyl groups is 1. The average Bonchev–Trinajstić information content (AvgIpc) is 2.78. The molecule has 2 aromatic rings. The highest BCUT2D eigenvalue weighted by molar-refractivity contribution is 6.02. The predicted molar refractivity (Wildman–Crippen MR) is 64.1 cm³/mol. The number of hydrogen-bond donors (Lipinski definition) is 4. The normalized spacial score (nSPS) is 10.2. The Bertz CT molecular complexity index is 650. The number of nitrogens with one attached hydrogen (secondary N) is 2. The summed E-state index contributed by atoms with van der Waals surface area (Å²) in [5.41, 5.74) is -0.0772. The second-order valence-electron chi connectivity index (χ2n) is 3.74. The van der Waals surface area contributed by atoms with Gasteiger partial charge >= 0.3 is 5.97 Å². The van der Waals surface area contributed by atoms with Crippen molar-refractivity contribution in [3.05, 3.63) is 35.4 Å². The Labute approximate surface area is 107 Å². The zero-order valence-electron chi connectivity index (χ0n) is 9.84. The Balaban J connectivity index is 2.22. The van der Waals surface area contributed by atoms with Gasteiger partial charge in [0.1, 0.15) is 17.1 Å². The van der Waals surface area contributed by atoms with Gasteiger partial charge in [0, 0.05) is 5.69 Å². The molecule has 0 atom stereocenters. The molecular formula is C11H10N4O4. The first-order chi connectivity index (χ1) is 8.97. The summed E-state index contributed by atoms with van der Waals surface area (Å²) < 4.78 is 0. The number of rotatable bonds is 3. The van der Waals surface area contributed by atoms with Crippen molar-refractivity contribution < 1.29 is 19.8 Å². The van der Waals surface area contributed by atoms with E-state index in [1.807, 2.05) is 0 Å². The number of aromatic amines is 1. The Kier molecular flexibility index (Phi) is 3.15. The van der Waals surface area contributed by atoms with Gasteiger partial charge in [0.05, 0.1) is 0 Å². The van der Waals surface area contributed by atoms with Gasteiger partial charge in [0.25, 0.3) is 5.91 Å². The molecule has 2 rings (SSSR count). The Morgan fingerprint density at radius 1 is 1.37 bits per heavy atom. The summed E-state index contributed by atoms with van der Waals surface area (Å²) >= 11 is 0. The molecule has 0 spiro atoms. The summed E-state index contributed by atoms with van der Waals surface area (Å²) in [4.78, 5) is 26.4. The minimum absolute atomic E-state index is 0.0533. The van der Waals surface area contributed by atoms with E-state index in [4.69, 9.17) is 5.11 Å². The SMILES string of the molecule is Cc1nc(C(=O)Nc2ccc(O)c(C(=O)O)c2)n[nH]1. The van der Waals surface area contributed by atoms with E-state index in [-0.39, 0.29) is 22.8 Å². The number of carbonyl (C=O) groups excluding carboxylic acids is 1. The maximum Gasteiger partial charge on any atom is 0.339 e. The molecule has 0 aliphatic carbocycles. The number of aromatic nitrogens is 3. The van der Waals surface area contributed by atoms with Crippen LogP contribution < -0.4 is 5.32 Å². The number of amides is 1. The Morgan fingerprint density at radius 3 is 2.68 bits per heavy atom. The number of hydrogen-bond acceptors (Lipinski definition) is 5. The molecular weight excluding hydrogens is 252 g/mol. The molecule has 8 nitrogen and oxygen atoms in total. The summed E-state index contributed by atoms with van der Waals surface area (Å²) in [6.07, 6.45) is 0. The second kappa shape index (κ2) is 4.77. The molecule has 0 radical (unpaired) electrons. The van der Waals surface area contributed by atoms with E-state index >= 15 is 0 Å². The van der Waals surface area contributed by atoms with Gasteiger partial charge in [-0.05, 0) is 25.1 Å². The molecule has 0 aliphatic heterocycles. The fourth-order valence-corrected chi connectivity index (χ4v) is 1.42. The van der Waals surface area contributed by atoms with E-state index < -0.39 is 11.9 Å². The smallest absolute Gasteiger partial charge is 0.339 e. The van der Waals surface area contributed by atoms with Gasteiger partial charge in [-0.3, -0.25) is 9.89 Å². The minimum atomic E-state index is -1.29. The van der Waals surface area contributed by atoms with Gasteiger partial charge < -0.3 is 15.5 Å². The minimum Gasteiger partial charge on any atom is -0.507 e. The molecule has 8 heteroatoms. The van der Waals surface area contributed by atoms with Crippen molar-refractivity contribution in [3.63, 3.8) is 0 Å². The lowest BCUT2D eigenvalue weighted by Gasteiger charge is -2.05. The lowest BCUT2D eigenvalue weighted by Crippen LogP contribution is -2.14. The lowest BCUT2D eigenvalue weighted by atomic mass is 10.2. The maximum absolute atomic E-state index is 11.7. The van der Waals surface area contributed by atoms with Crippen LogP contribution in [0.3, 0.4) is 0 Å². The van der Waals surface area contributed by atoms with Gasteiger partial charge in [-0.2, -0.15) is 0 Å². The second-order valence-corrected chi connectivity index (χ2v) is 3.74. The Morgan fingerprint density at radius 2 is 2.11 bits per heavy atom. The number of carbonyl (C=O) groups is 2. The van der Waals surface area contributed by atoms with Crippen LogP contribution in [0.5, 0.6) is 5.75 Å². The molecule has 0 aliphatic rings. The highest BCUT2D eigenvalue weighted by Gasteiger charge is 2.14. The molecule has 0 saturated carbocycles. The Hall–Kier alpha value is -2.90. The fraction of sp³-hybridized carbons (Fsp3) is 0.0909. The van der Waals surface area contributed by atoms with Crippen LogP contribution in [0.4, 0.5) is 5.69 Å². The number of anilines is 1. The number of carboxylic acids is 1. The van der Waals surface area contributed by atoms with Gasteiger partial charge in [-0.1, -0.05) is 0 Å². The van der Waals surface area contributed by atoms with Gasteiger partial charge in [-0.15, -0.1) is 5.10 Å². The first kappa shape index (κ1) is 12.6. The first-order valence-corrected chi connectivity index (χ1v) is 5.24. The van der Waals surface area contributed by atoms with E-state index in [2.05, 4.69) is 20.5 Å². The monoisotopic (exact) mass is 262 g/mol. The number of H-pyrrole nitrogens is 1. The quantitative estimate of drug-likeness (QED) is 0.605. The van der Waals surface area contributed by atoms with E-state index in [1.54, 1.807) is 6.92 Å². The van der Waals surface area contributed by atoms with Gasteiger partial charge in [0.2, 0.25) is 5.82 Å². The molecule has 4 N–H and O–H groups in total. The third kappa shape index (κ3) is 2.68. The van der Waals surface area contributed by atoms with Crippen LogP contribution in [0.25, 0.3) is 0 Å². The van der Waals surface area contributed by atoms with E-state index in [9.17, 15) is 14.7 Å². The largest absolute Gasteiger partial charge is 0.507 e. The summed E-state index contributed by atoms with van der Waals surface area (Å²) in [5.74, 6) is -1.81. The number of nitrogens with zero attached hydrogens (tertiary/aromatic N) is 2. The van der Waals surface area contributed by atoms with E-state index in [0.717, 1.165) is 6.07 Å². The van der Waals surface area contributed by atoms with Crippen LogP contribution in [0.2, 0.25) is 0 Å². The van der Waals surface area contributed by atoms with Crippen LogP contribution in [0.1, 0.15) is 26.8 Å². The molecule has 19 heavy (non-hydrogen) atoms. The highest BCUT2D eigenvalue weighted by atomic mass is 16.4. The van der Waals surface area contributed by atoms with E-state index in [0.29, 0.717) is 5.82 Å². The van der Waals surface area contributed by atoms with Crippen LogP contribution in [0, 0.1) is 6.92 Å². The standard InChI is InChI=1S/C11H10N4O4/c1-5-12-9(15-14-5)10(17)13-6-2-3-8(16)7(4-6)11(18)19/h2-4,16H,1H3,(H,13,17)(H,18,19)(H,12,14,15). The summed E-state index contributed by atoms with van der Waals surface area (Å²) in [5, 5.41) is 26.8. The molecule has 0 saturated heterocycles. The number of phenols is 1. The van der Waals surface area contributed by atoms with Crippen LogP contribution >= 0.6 is 0 Å². The van der Waals surface area contributed by atoms with E-state index in [1.165, 1.54) is 12.1 Å². The molecule has 0 bridgehead atoms.